The summed E-state index contributed by atoms with van der Waals surface area (Å²) < 4.78 is 5.83. The summed E-state index contributed by atoms with van der Waals surface area (Å²) in [6.07, 6.45) is 3.70. The van der Waals surface area contributed by atoms with Gasteiger partial charge in [-0.3, -0.25) is 4.90 Å². The third-order valence-electron chi connectivity index (χ3n) is 4.99. The van der Waals surface area contributed by atoms with Gasteiger partial charge in [-0.15, -0.1) is 0 Å². The summed E-state index contributed by atoms with van der Waals surface area (Å²) in [5.41, 5.74) is 6.34. The SMILES string of the molecule is CCC1CC(CN)(N2CCN(C)C(C)C2)CCO1. The molecule has 2 heterocycles. The normalized spacial score (nSPS) is 40.0. The lowest BCUT2D eigenvalue weighted by atomic mass is 9.83. The average molecular weight is 255 g/mol. The minimum Gasteiger partial charge on any atom is -0.378 e. The molecule has 0 spiro atoms. The summed E-state index contributed by atoms with van der Waals surface area (Å²) in [6, 6.07) is 0.630. The fourth-order valence-electron chi connectivity index (χ4n) is 3.34. The molecule has 2 rings (SSSR count). The molecular weight excluding hydrogens is 226 g/mol. The molecule has 2 aliphatic rings. The maximum atomic E-state index is 6.16. The van der Waals surface area contributed by atoms with E-state index in [9.17, 15) is 0 Å². The van der Waals surface area contributed by atoms with Crippen molar-refractivity contribution in [3.05, 3.63) is 0 Å². The highest BCUT2D eigenvalue weighted by Crippen LogP contribution is 2.32. The van der Waals surface area contributed by atoms with Gasteiger partial charge in [0.1, 0.15) is 0 Å². The summed E-state index contributed by atoms with van der Waals surface area (Å²) in [5, 5.41) is 0. The zero-order chi connectivity index (χ0) is 13.2. The van der Waals surface area contributed by atoms with Gasteiger partial charge in [-0.1, -0.05) is 6.92 Å². The van der Waals surface area contributed by atoms with E-state index in [-0.39, 0.29) is 5.54 Å². The molecule has 18 heavy (non-hydrogen) atoms. The number of rotatable bonds is 3. The highest BCUT2D eigenvalue weighted by atomic mass is 16.5. The van der Waals surface area contributed by atoms with Gasteiger partial charge in [0.25, 0.3) is 0 Å². The van der Waals surface area contributed by atoms with Crippen molar-refractivity contribution >= 4 is 0 Å². The van der Waals surface area contributed by atoms with Gasteiger partial charge >= 0.3 is 0 Å². The minimum absolute atomic E-state index is 0.189. The van der Waals surface area contributed by atoms with Crippen LogP contribution in [0.3, 0.4) is 0 Å². The molecule has 106 valence electrons. The van der Waals surface area contributed by atoms with Crippen LogP contribution >= 0.6 is 0 Å². The van der Waals surface area contributed by atoms with E-state index < -0.39 is 0 Å². The first-order valence-corrected chi connectivity index (χ1v) is 7.38. The fourth-order valence-corrected chi connectivity index (χ4v) is 3.34. The van der Waals surface area contributed by atoms with Gasteiger partial charge < -0.3 is 15.4 Å². The Hall–Kier alpha value is -0.160. The van der Waals surface area contributed by atoms with Crippen LogP contribution in [0.1, 0.15) is 33.1 Å². The quantitative estimate of drug-likeness (QED) is 0.814. The molecule has 0 aromatic carbocycles. The number of piperazine rings is 1. The van der Waals surface area contributed by atoms with Gasteiger partial charge in [0, 0.05) is 44.4 Å². The molecule has 2 aliphatic heterocycles. The summed E-state index contributed by atoms with van der Waals surface area (Å²) >= 11 is 0. The van der Waals surface area contributed by atoms with Crippen LogP contribution in [0, 0.1) is 0 Å². The Kier molecular flexibility index (Phi) is 4.64. The van der Waals surface area contributed by atoms with Crippen LogP contribution in [0.2, 0.25) is 0 Å². The summed E-state index contributed by atoms with van der Waals surface area (Å²) in [4.78, 5) is 5.08. The number of hydrogen-bond donors (Lipinski definition) is 1. The van der Waals surface area contributed by atoms with Crippen molar-refractivity contribution in [2.75, 3.05) is 39.8 Å². The van der Waals surface area contributed by atoms with Crippen molar-refractivity contribution in [2.24, 2.45) is 5.73 Å². The molecule has 0 aromatic heterocycles. The van der Waals surface area contributed by atoms with Crippen molar-refractivity contribution < 1.29 is 4.74 Å². The van der Waals surface area contributed by atoms with Crippen molar-refractivity contribution in [1.82, 2.24) is 9.80 Å². The van der Waals surface area contributed by atoms with E-state index in [1.807, 2.05) is 0 Å². The van der Waals surface area contributed by atoms with Crippen LogP contribution in [0.4, 0.5) is 0 Å². The molecule has 2 N–H and O–H groups in total. The van der Waals surface area contributed by atoms with E-state index in [1.165, 1.54) is 0 Å². The Morgan fingerprint density at radius 1 is 1.39 bits per heavy atom. The van der Waals surface area contributed by atoms with Crippen molar-refractivity contribution in [1.29, 1.82) is 0 Å². The predicted molar refractivity (Wildman–Crippen MR) is 74.7 cm³/mol. The fraction of sp³-hybridized carbons (Fsp3) is 1.00. The Balaban J connectivity index is 2.07. The summed E-state index contributed by atoms with van der Waals surface area (Å²) in [6.45, 7) is 9.61. The lowest BCUT2D eigenvalue weighted by Gasteiger charge is -2.52. The van der Waals surface area contributed by atoms with Gasteiger partial charge in [-0.2, -0.15) is 0 Å². The van der Waals surface area contributed by atoms with E-state index in [1.54, 1.807) is 0 Å². The molecule has 2 saturated heterocycles. The molecule has 3 unspecified atom stereocenters. The Labute approximate surface area is 111 Å². The molecule has 0 saturated carbocycles. The van der Waals surface area contributed by atoms with Crippen LogP contribution in [-0.2, 0) is 4.74 Å². The Morgan fingerprint density at radius 3 is 2.78 bits per heavy atom. The third-order valence-corrected chi connectivity index (χ3v) is 4.99. The first-order valence-electron chi connectivity index (χ1n) is 7.38. The second kappa shape index (κ2) is 5.87. The van der Waals surface area contributed by atoms with Gasteiger partial charge in [0.15, 0.2) is 0 Å². The van der Waals surface area contributed by atoms with Gasteiger partial charge in [0.2, 0.25) is 0 Å². The first kappa shape index (κ1) is 14.3. The zero-order valence-electron chi connectivity index (χ0n) is 12.2. The maximum Gasteiger partial charge on any atom is 0.0590 e. The first-order chi connectivity index (χ1) is 8.61. The molecule has 4 heteroatoms. The zero-order valence-corrected chi connectivity index (χ0v) is 12.2. The Bertz CT molecular complexity index is 274. The number of nitrogens with two attached hydrogens (primary N) is 1. The number of ether oxygens (including phenoxy) is 1. The summed E-state index contributed by atoms with van der Waals surface area (Å²) in [7, 11) is 2.22. The lowest BCUT2D eigenvalue weighted by Crippen LogP contribution is -2.64. The van der Waals surface area contributed by atoms with E-state index in [4.69, 9.17) is 10.5 Å². The van der Waals surface area contributed by atoms with Crippen LogP contribution < -0.4 is 5.73 Å². The molecule has 3 atom stereocenters. The predicted octanol–water partition coefficient (Wildman–Crippen LogP) is 0.909. The average Bonchev–Trinajstić information content (AvgIpc) is 2.41. The van der Waals surface area contributed by atoms with E-state index in [2.05, 4.69) is 30.7 Å². The lowest BCUT2D eigenvalue weighted by molar-refractivity contribution is -0.0873. The Morgan fingerprint density at radius 2 is 2.17 bits per heavy atom. The summed E-state index contributed by atoms with van der Waals surface area (Å²) in [5.74, 6) is 0. The standard InChI is InChI=1S/C14H29N3O/c1-4-13-9-14(11-15,5-8-18-13)17-7-6-16(3)12(2)10-17/h12-13H,4-11,15H2,1-3H3. The number of likely N-dealkylation sites (N-methyl/N-ethyl adjacent to an activating group) is 1. The monoisotopic (exact) mass is 255 g/mol. The number of hydrogen-bond acceptors (Lipinski definition) is 4. The number of nitrogens with zero attached hydrogens (tertiary/aromatic N) is 2. The highest BCUT2D eigenvalue weighted by molar-refractivity contribution is 4.98. The van der Waals surface area contributed by atoms with Gasteiger partial charge in [0.05, 0.1) is 6.10 Å². The van der Waals surface area contributed by atoms with Gasteiger partial charge in [-0.05, 0) is 33.2 Å². The molecule has 2 fully saturated rings. The van der Waals surface area contributed by atoms with E-state index in [0.717, 1.165) is 52.0 Å². The molecular formula is C14H29N3O. The van der Waals surface area contributed by atoms with E-state index >= 15 is 0 Å². The second-order valence-electron chi connectivity index (χ2n) is 6.06. The third kappa shape index (κ3) is 2.72. The molecule has 0 aliphatic carbocycles. The topological polar surface area (TPSA) is 41.7 Å². The molecule has 0 amide bonds. The van der Waals surface area contributed by atoms with Crippen molar-refractivity contribution in [3.8, 4) is 0 Å². The van der Waals surface area contributed by atoms with Gasteiger partial charge in [-0.25, -0.2) is 0 Å². The smallest absolute Gasteiger partial charge is 0.0590 e. The molecule has 0 bridgehead atoms. The molecule has 0 aromatic rings. The maximum absolute atomic E-state index is 6.16. The van der Waals surface area contributed by atoms with E-state index in [0.29, 0.717) is 12.1 Å². The highest BCUT2D eigenvalue weighted by Gasteiger charge is 2.42. The molecule has 4 nitrogen and oxygen atoms in total. The van der Waals surface area contributed by atoms with Crippen LogP contribution in [0.5, 0.6) is 0 Å². The second-order valence-corrected chi connectivity index (χ2v) is 6.06. The minimum atomic E-state index is 0.189. The van der Waals surface area contributed by atoms with Crippen LogP contribution in [0.15, 0.2) is 0 Å². The van der Waals surface area contributed by atoms with Crippen molar-refractivity contribution in [2.45, 2.75) is 50.8 Å². The largest absolute Gasteiger partial charge is 0.378 e. The van der Waals surface area contributed by atoms with Crippen LogP contribution in [0.25, 0.3) is 0 Å². The molecule has 0 radical (unpaired) electrons. The van der Waals surface area contributed by atoms with Crippen LogP contribution in [-0.4, -0.2) is 67.3 Å². The van der Waals surface area contributed by atoms with Crippen molar-refractivity contribution in [3.63, 3.8) is 0 Å².